The van der Waals surface area contributed by atoms with E-state index >= 15 is 0 Å². The molecule has 1 N–H and O–H groups in total. The first-order valence-electron chi connectivity index (χ1n) is 12.0. The third-order valence-corrected chi connectivity index (χ3v) is 6.44. The van der Waals surface area contributed by atoms with E-state index in [4.69, 9.17) is 14.2 Å². The average molecular weight is 447 g/mol. The second-order valence-corrected chi connectivity index (χ2v) is 8.78. The van der Waals surface area contributed by atoms with E-state index in [0.29, 0.717) is 26.1 Å². The lowest BCUT2D eigenvalue weighted by Crippen LogP contribution is -2.33. The largest absolute Gasteiger partial charge is 0.469 e. The Morgan fingerprint density at radius 2 is 2.03 bits per heavy atom. The summed E-state index contributed by atoms with van der Waals surface area (Å²) >= 11 is 0. The van der Waals surface area contributed by atoms with Crippen molar-refractivity contribution in [1.29, 1.82) is 0 Å². The van der Waals surface area contributed by atoms with E-state index in [1.165, 1.54) is 7.11 Å². The molecule has 6 nitrogen and oxygen atoms in total. The van der Waals surface area contributed by atoms with E-state index in [-0.39, 0.29) is 30.2 Å². The summed E-state index contributed by atoms with van der Waals surface area (Å²) < 4.78 is 22.9. The Hall–Kier alpha value is -1.73. The maximum absolute atomic E-state index is 11.2. The van der Waals surface area contributed by atoms with Crippen molar-refractivity contribution in [3.05, 3.63) is 48.0 Å². The molecule has 1 saturated heterocycles. The van der Waals surface area contributed by atoms with Gasteiger partial charge in [0, 0.05) is 25.4 Å². The van der Waals surface area contributed by atoms with Gasteiger partial charge in [0.25, 0.3) is 0 Å². The number of methoxy groups -OCH3 is 1. The molecule has 0 radical (unpaired) electrons. The molecule has 1 heterocycles. The number of carbonyl (C=O) groups excluding carboxylic acids is 1. The highest BCUT2D eigenvalue weighted by Crippen LogP contribution is 2.39. The summed E-state index contributed by atoms with van der Waals surface area (Å²) in [6.07, 6.45) is 10.1. The van der Waals surface area contributed by atoms with Crippen LogP contribution in [0.2, 0.25) is 0 Å². The molecular formula is C26H38O6. The minimum Gasteiger partial charge on any atom is -0.469 e. The topological polar surface area (TPSA) is 74.2 Å². The highest BCUT2D eigenvalue weighted by molar-refractivity contribution is 5.69. The fourth-order valence-electron chi connectivity index (χ4n) is 4.61. The number of aliphatic hydroxyl groups is 1. The van der Waals surface area contributed by atoms with Crippen LogP contribution in [0.4, 0.5) is 0 Å². The van der Waals surface area contributed by atoms with E-state index < -0.39 is 6.10 Å². The third kappa shape index (κ3) is 8.00. The van der Waals surface area contributed by atoms with Crippen molar-refractivity contribution in [3.63, 3.8) is 0 Å². The van der Waals surface area contributed by atoms with Crippen molar-refractivity contribution >= 4 is 5.97 Å². The van der Waals surface area contributed by atoms with Gasteiger partial charge in [-0.05, 0) is 50.0 Å². The molecule has 1 aliphatic carbocycles. The molecule has 0 spiro atoms. The second kappa shape index (κ2) is 13.7. The molecule has 0 amide bonds. The number of hydrogen-bond donors (Lipinski definition) is 1. The number of esters is 1. The van der Waals surface area contributed by atoms with Gasteiger partial charge in [-0.2, -0.15) is 0 Å². The Bertz CT molecular complexity index is 685. The SMILES string of the molecule is COC(=O)CCC/C=C\C[C@H]1[C@H](COCc2ccccc2)[C@@H](OC2CCCCO2)C[C@H]1O. The van der Waals surface area contributed by atoms with Crippen LogP contribution in [0.3, 0.4) is 0 Å². The lowest BCUT2D eigenvalue weighted by Gasteiger charge is -2.30. The van der Waals surface area contributed by atoms with E-state index in [1.807, 2.05) is 18.2 Å². The first kappa shape index (κ1) is 24.9. The molecule has 32 heavy (non-hydrogen) atoms. The van der Waals surface area contributed by atoms with Gasteiger partial charge in [-0.15, -0.1) is 0 Å². The van der Waals surface area contributed by atoms with Crippen LogP contribution in [-0.4, -0.2) is 49.9 Å². The van der Waals surface area contributed by atoms with Crippen molar-refractivity contribution in [2.75, 3.05) is 20.3 Å². The zero-order valence-corrected chi connectivity index (χ0v) is 19.2. The minimum absolute atomic E-state index is 0.0680. The van der Waals surface area contributed by atoms with Gasteiger partial charge in [0.1, 0.15) is 0 Å². The van der Waals surface area contributed by atoms with Crippen molar-refractivity contribution in [2.24, 2.45) is 11.8 Å². The Labute approximate surface area is 191 Å². The Morgan fingerprint density at radius 1 is 1.19 bits per heavy atom. The predicted octanol–water partition coefficient (Wildman–Crippen LogP) is 4.40. The molecule has 178 valence electrons. The normalized spacial score (nSPS) is 28.2. The summed E-state index contributed by atoms with van der Waals surface area (Å²) in [7, 11) is 1.41. The highest BCUT2D eigenvalue weighted by atomic mass is 16.7. The van der Waals surface area contributed by atoms with Crippen LogP contribution < -0.4 is 0 Å². The molecular weight excluding hydrogens is 408 g/mol. The Kier molecular flexibility index (Phi) is 10.7. The molecule has 1 aliphatic heterocycles. The van der Waals surface area contributed by atoms with Crippen molar-refractivity contribution < 1.29 is 28.8 Å². The second-order valence-electron chi connectivity index (χ2n) is 8.78. The molecule has 1 aromatic carbocycles. The van der Waals surface area contributed by atoms with Gasteiger partial charge in [-0.25, -0.2) is 0 Å². The molecule has 2 fully saturated rings. The van der Waals surface area contributed by atoms with Crippen molar-refractivity contribution in [3.8, 4) is 0 Å². The van der Waals surface area contributed by atoms with Crippen LogP contribution in [0.5, 0.6) is 0 Å². The fraction of sp³-hybridized carbons (Fsp3) is 0.654. The fourth-order valence-corrected chi connectivity index (χ4v) is 4.61. The monoisotopic (exact) mass is 446 g/mol. The van der Waals surface area contributed by atoms with E-state index in [1.54, 1.807) is 0 Å². The van der Waals surface area contributed by atoms with Gasteiger partial charge < -0.3 is 24.1 Å². The first-order valence-corrected chi connectivity index (χ1v) is 12.0. The lowest BCUT2D eigenvalue weighted by molar-refractivity contribution is -0.199. The molecule has 0 aromatic heterocycles. The van der Waals surface area contributed by atoms with Gasteiger partial charge in [0.2, 0.25) is 0 Å². The van der Waals surface area contributed by atoms with Gasteiger partial charge in [-0.3, -0.25) is 4.79 Å². The maximum atomic E-state index is 11.2. The summed E-state index contributed by atoms with van der Waals surface area (Å²) in [4.78, 5) is 11.2. The molecule has 1 aromatic rings. The molecule has 5 atom stereocenters. The number of hydrogen-bond acceptors (Lipinski definition) is 6. The smallest absolute Gasteiger partial charge is 0.305 e. The van der Waals surface area contributed by atoms with E-state index in [2.05, 4.69) is 29.0 Å². The maximum Gasteiger partial charge on any atom is 0.305 e. The number of aliphatic hydroxyl groups excluding tert-OH is 1. The van der Waals surface area contributed by atoms with Crippen LogP contribution in [0.25, 0.3) is 0 Å². The number of rotatable bonds is 12. The zero-order valence-electron chi connectivity index (χ0n) is 19.2. The van der Waals surface area contributed by atoms with Gasteiger partial charge in [-0.1, -0.05) is 42.5 Å². The van der Waals surface area contributed by atoms with E-state index in [0.717, 1.165) is 50.7 Å². The predicted molar refractivity (Wildman–Crippen MR) is 122 cm³/mol. The number of ether oxygens (including phenoxy) is 4. The van der Waals surface area contributed by atoms with Gasteiger partial charge in [0.15, 0.2) is 6.29 Å². The van der Waals surface area contributed by atoms with Crippen LogP contribution in [0.15, 0.2) is 42.5 Å². The number of allylic oxidation sites excluding steroid dienone is 2. The Morgan fingerprint density at radius 3 is 2.78 bits per heavy atom. The Balaban J connectivity index is 1.54. The zero-order chi connectivity index (χ0) is 22.6. The van der Waals surface area contributed by atoms with E-state index in [9.17, 15) is 9.90 Å². The number of unbranched alkanes of at least 4 members (excludes halogenated alkanes) is 1. The summed E-state index contributed by atoms with van der Waals surface area (Å²) in [6, 6.07) is 10.1. The quantitative estimate of drug-likeness (QED) is 0.291. The van der Waals surface area contributed by atoms with Gasteiger partial charge >= 0.3 is 5.97 Å². The lowest BCUT2D eigenvalue weighted by atomic mass is 9.91. The molecule has 1 saturated carbocycles. The summed E-state index contributed by atoms with van der Waals surface area (Å²) in [5.74, 6) is 0.0142. The van der Waals surface area contributed by atoms with Crippen LogP contribution >= 0.6 is 0 Å². The first-order chi connectivity index (χ1) is 15.7. The minimum atomic E-state index is -0.423. The van der Waals surface area contributed by atoms with Crippen LogP contribution in [0, 0.1) is 11.8 Å². The summed E-state index contributed by atoms with van der Waals surface area (Å²) in [5.41, 5.74) is 1.14. The van der Waals surface area contributed by atoms with Gasteiger partial charge in [0.05, 0.1) is 32.5 Å². The molecule has 3 rings (SSSR count). The highest BCUT2D eigenvalue weighted by Gasteiger charge is 2.43. The molecule has 6 heteroatoms. The summed E-state index contributed by atoms with van der Waals surface area (Å²) in [5, 5.41) is 10.8. The molecule has 1 unspecified atom stereocenters. The van der Waals surface area contributed by atoms with Crippen molar-refractivity contribution in [2.45, 2.75) is 76.5 Å². The third-order valence-electron chi connectivity index (χ3n) is 6.44. The van der Waals surface area contributed by atoms with Crippen molar-refractivity contribution in [1.82, 2.24) is 0 Å². The molecule has 0 bridgehead atoms. The van der Waals surface area contributed by atoms with Crippen LogP contribution in [-0.2, 0) is 30.3 Å². The standard InChI is InChI=1S/C26H38O6/c1-29-25(28)14-8-3-2-7-13-21-22(19-30-18-20-11-5-4-6-12-20)24(17-23(21)27)32-26-15-9-10-16-31-26/h2,4-7,11-12,21-24,26-27H,3,8-10,13-19H2,1H3/b7-2-/t21-,22-,23+,24-,26?/m0/s1. The van der Waals surface area contributed by atoms with Crippen LogP contribution in [0.1, 0.15) is 56.9 Å². The summed E-state index contributed by atoms with van der Waals surface area (Å²) in [6.45, 7) is 1.84. The number of benzene rings is 1. The number of carbonyl (C=O) groups is 1. The molecule has 2 aliphatic rings. The average Bonchev–Trinajstić information content (AvgIpc) is 3.11.